The lowest BCUT2D eigenvalue weighted by molar-refractivity contribution is -0.136. The van der Waals surface area contributed by atoms with Crippen molar-refractivity contribution in [2.45, 2.75) is 64.8 Å². The first-order valence-corrected chi connectivity index (χ1v) is 8.09. The SMILES string of the molecule is CC1CCCC(CC(=O)N2CCC(C)CC2CN)C1. The molecule has 1 saturated heterocycles. The molecule has 1 heterocycles. The highest BCUT2D eigenvalue weighted by Crippen LogP contribution is 2.32. The molecule has 1 aliphatic carbocycles. The highest BCUT2D eigenvalue weighted by atomic mass is 16.2. The molecule has 2 aliphatic rings. The minimum atomic E-state index is 0.289. The minimum absolute atomic E-state index is 0.289. The second-order valence-corrected chi connectivity index (χ2v) is 6.95. The Morgan fingerprint density at radius 1 is 1.16 bits per heavy atom. The summed E-state index contributed by atoms with van der Waals surface area (Å²) >= 11 is 0. The van der Waals surface area contributed by atoms with Gasteiger partial charge in [-0.15, -0.1) is 0 Å². The molecule has 1 amide bonds. The number of hydrogen-bond acceptors (Lipinski definition) is 2. The van der Waals surface area contributed by atoms with Crippen LogP contribution in [0.25, 0.3) is 0 Å². The molecule has 19 heavy (non-hydrogen) atoms. The van der Waals surface area contributed by atoms with Gasteiger partial charge in [-0.05, 0) is 43.4 Å². The lowest BCUT2D eigenvalue weighted by Gasteiger charge is -2.39. The van der Waals surface area contributed by atoms with Gasteiger partial charge in [-0.1, -0.05) is 26.7 Å². The van der Waals surface area contributed by atoms with Crippen molar-refractivity contribution < 1.29 is 4.79 Å². The van der Waals surface area contributed by atoms with Gasteiger partial charge >= 0.3 is 0 Å². The van der Waals surface area contributed by atoms with E-state index in [9.17, 15) is 4.79 Å². The summed E-state index contributed by atoms with van der Waals surface area (Å²) < 4.78 is 0. The van der Waals surface area contributed by atoms with Gasteiger partial charge in [0.05, 0.1) is 0 Å². The molecule has 2 N–H and O–H groups in total. The van der Waals surface area contributed by atoms with Crippen LogP contribution in [-0.4, -0.2) is 29.9 Å². The van der Waals surface area contributed by atoms with Crippen LogP contribution in [0.1, 0.15) is 58.8 Å². The van der Waals surface area contributed by atoms with Crippen LogP contribution in [0.4, 0.5) is 0 Å². The van der Waals surface area contributed by atoms with Crippen molar-refractivity contribution in [3.63, 3.8) is 0 Å². The molecule has 3 heteroatoms. The Morgan fingerprint density at radius 3 is 2.58 bits per heavy atom. The zero-order chi connectivity index (χ0) is 13.8. The van der Waals surface area contributed by atoms with Gasteiger partial charge in [0.15, 0.2) is 0 Å². The lowest BCUT2D eigenvalue weighted by atomic mass is 9.80. The van der Waals surface area contributed by atoms with Crippen LogP contribution in [-0.2, 0) is 4.79 Å². The predicted octanol–water partition coefficient (Wildman–Crippen LogP) is 2.79. The van der Waals surface area contributed by atoms with Crippen molar-refractivity contribution in [3.05, 3.63) is 0 Å². The van der Waals surface area contributed by atoms with E-state index in [4.69, 9.17) is 5.73 Å². The molecule has 110 valence electrons. The van der Waals surface area contributed by atoms with Gasteiger partial charge in [-0.2, -0.15) is 0 Å². The second kappa shape index (κ2) is 6.74. The number of amides is 1. The maximum Gasteiger partial charge on any atom is 0.223 e. The van der Waals surface area contributed by atoms with Crippen LogP contribution in [0.3, 0.4) is 0 Å². The molecule has 2 fully saturated rings. The molecular formula is C16H30N2O. The van der Waals surface area contributed by atoms with E-state index in [1.54, 1.807) is 0 Å². The summed E-state index contributed by atoms with van der Waals surface area (Å²) in [5, 5.41) is 0. The number of rotatable bonds is 3. The maximum atomic E-state index is 12.5. The summed E-state index contributed by atoms with van der Waals surface area (Å²) in [6.07, 6.45) is 8.12. The zero-order valence-corrected chi connectivity index (χ0v) is 12.6. The maximum absolute atomic E-state index is 12.5. The number of piperidine rings is 1. The third kappa shape index (κ3) is 3.95. The number of carbonyl (C=O) groups is 1. The van der Waals surface area contributed by atoms with Crippen LogP contribution >= 0.6 is 0 Å². The second-order valence-electron chi connectivity index (χ2n) is 6.95. The number of likely N-dealkylation sites (tertiary alicyclic amines) is 1. The van der Waals surface area contributed by atoms with Gasteiger partial charge in [-0.3, -0.25) is 4.79 Å². The van der Waals surface area contributed by atoms with Crippen LogP contribution in [0.2, 0.25) is 0 Å². The molecule has 4 unspecified atom stereocenters. The Labute approximate surface area is 117 Å². The molecule has 1 saturated carbocycles. The van der Waals surface area contributed by atoms with Crippen LogP contribution < -0.4 is 5.73 Å². The summed E-state index contributed by atoms with van der Waals surface area (Å²) in [4.78, 5) is 14.6. The molecule has 3 nitrogen and oxygen atoms in total. The average Bonchev–Trinajstić information content (AvgIpc) is 2.38. The quantitative estimate of drug-likeness (QED) is 0.854. The summed E-state index contributed by atoms with van der Waals surface area (Å²) in [5.41, 5.74) is 5.85. The first kappa shape index (κ1) is 14.8. The minimum Gasteiger partial charge on any atom is -0.338 e. The van der Waals surface area contributed by atoms with Crippen molar-refractivity contribution in [1.82, 2.24) is 4.90 Å². The molecule has 0 aromatic heterocycles. The zero-order valence-electron chi connectivity index (χ0n) is 12.6. The molecule has 0 bridgehead atoms. The van der Waals surface area contributed by atoms with Crippen LogP contribution in [0.5, 0.6) is 0 Å². The molecule has 2 rings (SSSR count). The third-order valence-corrected chi connectivity index (χ3v) is 5.08. The van der Waals surface area contributed by atoms with E-state index >= 15 is 0 Å². The Balaban J connectivity index is 1.87. The molecule has 0 aromatic rings. The van der Waals surface area contributed by atoms with Crippen molar-refractivity contribution in [1.29, 1.82) is 0 Å². The standard InChI is InChI=1S/C16H30N2O/c1-12-4-3-5-14(8-12)10-16(19)18-7-6-13(2)9-15(18)11-17/h12-15H,3-11,17H2,1-2H3. The van der Waals surface area contributed by atoms with Gasteiger partial charge < -0.3 is 10.6 Å². The first-order valence-electron chi connectivity index (χ1n) is 8.09. The van der Waals surface area contributed by atoms with Crippen molar-refractivity contribution in [3.8, 4) is 0 Å². The van der Waals surface area contributed by atoms with E-state index in [0.29, 0.717) is 24.3 Å². The number of hydrogen-bond donors (Lipinski definition) is 1. The fourth-order valence-corrected chi connectivity index (χ4v) is 3.91. The largest absolute Gasteiger partial charge is 0.338 e. The van der Waals surface area contributed by atoms with E-state index < -0.39 is 0 Å². The van der Waals surface area contributed by atoms with Crippen LogP contribution in [0, 0.1) is 17.8 Å². The van der Waals surface area contributed by atoms with Crippen LogP contribution in [0.15, 0.2) is 0 Å². The van der Waals surface area contributed by atoms with Gasteiger partial charge in [0.1, 0.15) is 0 Å². The Bertz CT molecular complexity index is 305. The van der Waals surface area contributed by atoms with Crippen molar-refractivity contribution in [2.75, 3.05) is 13.1 Å². The number of nitrogens with two attached hydrogens (primary N) is 1. The fraction of sp³-hybridized carbons (Fsp3) is 0.938. The highest BCUT2D eigenvalue weighted by molar-refractivity contribution is 5.77. The van der Waals surface area contributed by atoms with E-state index in [1.165, 1.54) is 25.7 Å². The highest BCUT2D eigenvalue weighted by Gasteiger charge is 2.30. The van der Waals surface area contributed by atoms with Gasteiger partial charge in [-0.25, -0.2) is 0 Å². The molecule has 1 aliphatic heterocycles. The Morgan fingerprint density at radius 2 is 1.89 bits per heavy atom. The summed E-state index contributed by atoms with van der Waals surface area (Å²) in [5.74, 6) is 2.50. The van der Waals surface area contributed by atoms with E-state index in [-0.39, 0.29) is 6.04 Å². The fourth-order valence-electron chi connectivity index (χ4n) is 3.91. The van der Waals surface area contributed by atoms with E-state index in [2.05, 4.69) is 18.7 Å². The molecular weight excluding hydrogens is 236 g/mol. The predicted molar refractivity (Wildman–Crippen MR) is 78.7 cm³/mol. The van der Waals surface area contributed by atoms with Crippen molar-refractivity contribution >= 4 is 5.91 Å². The smallest absolute Gasteiger partial charge is 0.223 e. The van der Waals surface area contributed by atoms with E-state index in [0.717, 1.165) is 31.7 Å². The van der Waals surface area contributed by atoms with Crippen molar-refractivity contribution in [2.24, 2.45) is 23.5 Å². The number of carbonyl (C=O) groups excluding carboxylic acids is 1. The summed E-state index contributed by atoms with van der Waals surface area (Å²) in [6, 6.07) is 0.289. The van der Waals surface area contributed by atoms with Gasteiger partial charge in [0.2, 0.25) is 5.91 Å². The normalized spacial score (nSPS) is 36.3. The molecule has 0 aromatic carbocycles. The summed E-state index contributed by atoms with van der Waals surface area (Å²) in [6.45, 7) is 6.14. The molecule has 4 atom stereocenters. The Kier molecular flexibility index (Phi) is 5.26. The van der Waals surface area contributed by atoms with Gasteiger partial charge in [0, 0.05) is 25.6 Å². The third-order valence-electron chi connectivity index (χ3n) is 5.08. The topological polar surface area (TPSA) is 46.3 Å². The first-order chi connectivity index (χ1) is 9.10. The van der Waals surface area contributed by atoms with Gasteiger partial charge in [0.25, 0.3) is 0 Å². The number of nitrogens with zero attached hydrogens (tertiary/aromatic N) is 1. The van der Waals surface area contributed by atoms with E-state index in [1.807, 2.05) is 0 Å². The molecule has 0 radical (unpaired) electrons. The lowest BCUT2D eigenvalue weighted by Crippen LogP contribution is -2.49. The average molecular weight is 266 g/mol. The molecule has 0 spiro atoms. The monoisotopic (exact) mass is 266 g/mol. The Hall–Kier alpha value is -0.570. The summed E-state index contributed by atoms with van der Waals surface area (Å²) in [7, 11) is 0.